The van der Waals surface area contributed by atoms with Crippen molar-refractivity contribution in [2.24, 2.45) is 5.73 Å². The Labute approximate surface area is 100 Å². The van der Waals surface area contributed by atoms with Gasteiger partial charge in [0.15, 0.2) is 0 Å². The third-order valence-corrected chi connectivity index (χ3v) is 2.29. The van der Waals surface area contributed by atoms with Crippen molar-refractivity contribution in [3.8, 4) is 0 Å². The third-order valence-electron chi connectivity index (χ3n) is 2.29. The Morgan fingerprint density at radius 3 is 2.76 bits per heavy atom. The van der Waals surface area contributed by atoms with Crippen LogP contribution in [0.2, 0.25) is 0 Å². The van der Waals surface area contributed by atoms with Gasteiger partial charge in [-0.15, -0.1) is 0 Å². The Balaban J connectivity index is 2.75. The number of rotatable bonds is 7. The summed E-state index contributed by atoms with van der Waals surface area (Å²) in [6.45, 7) is 1.66. The molecule has 0 atom stereocenters. The summed E-state index contributed by atoms with van der Waals surface area (Å²) in [6, 6.07) is 3.31. The molecule has 1 rings (SSSR count). The molecule has 6 heteroatoms. The lowest BCUT2D eigenvalue weighted by Gasteiger charge is -2.22. The van der Waals surface area contributed by atoms with Crippen LogP contribution >= 0.6 is 0 Å². The van der Waals surface area contributed by atoms with Crippen molar-refractivity contribution in [1.82, 2.24) is 4.98 Å². The van der Waals surface area contributed by atoms with Crippen molar-refractivity contribution >= 4 is 11.7 Å². The predicted octanol–water partition coefficient (Wildman–Crippen LogP) is -0.374. The predicted molar refractivity (Wildman–Crippen MR) is 63.9 cm³/mol. The molecule has 6 nitrogen and oxygen atoms in total. The zero-order chi connectivity index (χ0) is 12.7. The van der Waals surface area contributed by atoms with Gasteiger partial charge in [0.05, 0.1) is 18.8 Å². The van der Waals surface area contributed by atoms with Crippen LogP contribution in [0.4, 0.5) is 5.82 Å². The Morgan fingerprint density at radius 1 is 1.53 bits per heavy atom. The number of aromatic nitrogens is 1. The van der Waals surface area contributed by atoms with Gasteiger partial charge in [-0.05, 0) is 12.1 Å². The molecule has 94 valence electrons. The minimum absolute atomic E-state index is 0.0307. The first kappa shape index (κ1) is 13.4. The number of aliphatic hydroxyl groups is 1. The number of aliphatic hydroxyl groups excluding tert-OH is 1. The quantitative estimate of drug-likeness (QED) is 0.677. The van der Waals surface area contributed by atoms with E-state index in [1.165, 1.54) is 6.20 Å². The van der Waals surface area contributed by atoms with Gasteiger partial charge in [0.25, 0.3) is 0 Å². The van der Waals surface area contributed by atoms with E-state index in [0.717, 1.165) is 0 Å². The highest BCUT2D eigenvalue weighted by molar-refractivity contribution is 5.92. The minimum atomic E-state index is -0.505. The second-order valence-corrected chi connectivity index (χ2v) is 3.47. The lowest BCUT2D eigenvalue weighted by atomic mass is 10.2. The molecule has 0 saturated heterocycles. The van der Waals surface area contributed by atoms with Crippen molar-refractivity contribution in [3.05, 3.63) is 23.9 Å². The van der Waals surface area contributed by atoms with Crippen molar-refractivity contribution in [3.63, 3.8) is 0 Å². The Morgan fingerprint density at radius 2 is 2.29 bits per heavy atom. The molecule has 0 saturated carbocycles. The number of pyridine rings is 1. The van der Waals surface area contributed by atoms with Gasteiger partial charge >= 0.3 is 0 Å². The molecular formula is C11H17N3O3. The van der Waals surface area contributed by atoms with Crippen LogP contribution in [-0.2, 0) is 4.74 Å². The second kappa shape index (κ2) is 6.82. The van der Waals surface area contributed by atoms with Gasteiger partial charge in [-0.2, -0.15) is 0 Å². The number of methoxy groups -OCH3 is 1. The SMILES string of the molecule is COCCN(CCO)c1ccc(C(N)=O)cn1. The molecule has 0 aliphatic carbocycles. The number of anilines is 1. The highest BCUT2D eigenvalue weighted by Gasteiger charge is 2.08. The number of amides is 1. The summed E-state index contributed by atoms with van der Waals surface area (Å²) in [5, 5.41) is 8.96. The Kier molecular flexibility index (Phi) is 5.38. The van der Waals surface area contributed by atoms with Gasteiger partial charge in [-0.25, -0.2) is 4.98 Å². The van der Waals surface area contributed by atoms with Gasteiger partial charge in [-0.3, -0.25) is 4.79 Å². The number of nitrogens with two attached hydrogens (primary N) is 1. The van der Waals surface area contributed by atoms with Crippen LogP contribution in [0.3, 0.4) is 0 Å². The van der Waals surface area contributed by atoms with Crippen molar-refractivity contribution in [2.75, 3.05) is 38.3 Å². The number of primary amides is 1. The number of ether oxygens (including phenoxy) is 1. The summed E-state index contributed by atoms with van der Waals surface area (Å²) in [4.78, 5) is 16.9. The van der Waals surface area contributed by atoms with E-state index in [9.17, 15) is 4.79 Å². The molecule has 0 aliphatic rings. The molecule has 1 amide bonds. The van der Waals surface area contributed by atoms with Crippen LogP contribution in [0.25, 0.3) is 0 Å². The number of carbonyl (C=O) groups excluding carboxylic acids is 1. The van der Waals surface area contributed by atoms with E-state index in [-0.39, 0.29) is 6.61 Å². The molecule has 3 N–H and O–H groups in total. The van der Waals surface area contributed by atoms with Crippen LogP contribution < -0.4 is 10.6 Å². The molecule has 0 aromatic carbocycles. The largest absolute Gasteiger partial charge is 0.395 e. The highest BCUT2D eigenvalue weighted by Crippen LogP contribution is 2.10. The molecule has 0 radical (unpaired) electrons. The normalized spacial score (nSPS) is 10.2. The van der Waals surface area contributed by atoms with Gasteiger partial charge in [0.1, 0.15) is 5.82 Å². The van der Waals surface area contributed by atoms with E-state index in [1.807, 2.05) is 4.90 Å². The van der Waals surface area contributed by atoms with Crippen molar-refractivity contribution < 1.29 is 14.6 Å². The van der Waals surface area contributed by atoms with Crippen LogP contribution in [0.1, 0.15) is 10.4 Å². The van der Waals surface area contributed by atoms with E-state index < -0.39 is 5.91 Å². The maximum atomic E-state index is 10.9. The first-order chi connectivity index (χ1) is 8.19. The number of hydrogen-bond acceptors (Lipinski definition) is 5. The maximum Gasteiger partial charge on any atom is 0.250 e. The third kappa shape index (κ3) is 4.01. The summed E-state index contributed by atoms with van der Waals surface area (Å²) >= 11 is 0. The van der Waals surface area contributed by atoms with Crippen molar-refractivity contribution in [1.29, 1.82) is 0 Å². The molecule has 0 bridgehead atoms. The molecule has 1 aromatic rings. The van der Waals surface area contributed by atoms with E-state index in [0.29, 0.717) is 31.1 Å². The lowest BCUT2D eigenvalue weighted by Crippen LogP contribution is -2.31. The zero-order valence-corrected chi connectivity index (χ0v) is 9.80. The molecule has 17 heavy (non-hydrogen) atoms. The first-order valence-corrected chi connectivity index (χ1v) is 5.29. The number of carbonyl (C=O) groups is 1. The molecule has 1 aromatic heterocycles. The van der Waals surface area contributed by atoms with E-state index >= 15 is 0 Å². The molecule has 1 heterocycles. The van der Waals surface area contributed by atoms with Gasteiger partial charge in [-0.1, -0.05) is 0 Å². The monoisotopic (exact) mass is 239 g/mol. The van der Waals surface area contributed by atoms with Crippen LogP contribution in [0, 0.1) is 0 Å². The topological polar surface area (TPSA) is 88.7 Å². The van der Waals surface area contributed by atoms with E-state index in [4.69, 9.17) is 15.6 Å². The van der Waals surface area contributed by atoms with E-state index in [2.05, 4.69) is 4.98 Å². The minimum Gasteiger partial charge on any atom is -0.395 e. The van der Waals surface area contributed by atoms with Gasteiger partial charge < -0.3 is 20.5 Å². The maximum absolute atomic E-state index is 10.9. The van der Waals surface area contributed by atoms with Crippen LogP contribution in [0.5, 0.6) is 0 Å². The van der Waals surface area contributed by atoms with E-state index in [1.54, 1.807) is 19.2 Å². The van der Waals surface area contributed by atoms with Gasteiger partial charge in [0.2, 0.25) is 5.91 Å². The first-order valence-electron chi connectivity index (χ1n) is 5.29. The number of nitrogens with zero attached hydrogens (tertiary/aromatic N) is 2. The summed E-state index contributed by atoms with van der Waals surface area (Å²) in [7, 11) is 1.61. The lowest BCUT2D eigenvalue weighted by molar-refractivity contribution is 0.1000. The fourth-order valence-corrected chi connectivity index (χ4v) is 1.38. The number of hydrogen-bond donors (Lipinski definition) is 2. The molecule has 0 unspecified atom stereocenters. The summed E-state index contributed by atoms with van der Waals surface area (Å²) < 4.78 is 4.98. The molecular weight excluding hydrogens is 222 g/mol. The molecule has 0 fully saturated rings. The van der Waals surface area contributed by atoms with Crippen LogP contribution in [0.15, 0.2) is 18.3 Å². The summed E-state index contributed by atoms with van der Waals surface area (Å²) in [5.41, 5.74) is 5.49. The fraction of sp³-hybridized carbons (Fsp3) is 0.455. The Hall–Kier alpha value is -1.66. The smallest absolute Gasteiger partial charge is 0.250 e. The summed E-state index contributed by atoms with van der Waals surface area (Å²) in [6.07, 6.45) is 1.43. The van der Waals surface area contributed by atoms with Gasteiger partial charge in [0, 0.05) is 26.4 Å². The Bertz CT molecular complexity index is 353. The molecule has 0 aliphatic heterocycles. The second-order valence-electron chi connectivity index (χ2n) is 3.47. The molecule has 0 spiro atoms. The van der Waals surface area contributed by atoms with Crippen molar-refractivity contribution in [2.45, 2.75) is 0 Å². The van der Waals surface area contributed by atoms with Crippen LogP contribution in [-0.4, -0.2) is 49.4 Å². The fourth-order valence-electron chi connectivity index (χ4n) is 1.38. The highest BCUT2D eigenvalue weighted by atomic mass is 16.5. The zero-order valence-electron chi connectivity index (χ0n) is 9.80. The summed E-state index contributed by atoms with van der Waals surface area (Å²) in [5.74, 6) is 0.177. The average Bonchev–Trinajstić information content (AvgIpc) is 2.34. The average molecular weight is 239 g/mol. The standard InChI is InChI=1S/C11H17N3O3/c1-17-7-5-14(4-6-15)10-3-2-9(8-13-10)11(12)16/h2-3,8,15H,4-7H2,1H3,(H2,12,16).